The summed E-state index contributed by atoms with van der Waals surface area (Å²) >= 11 is 0. The van der Waals surface area contributed by atoms with Crippen LogP contribution >= 0.6 is 0 Å². The molecule has 1 N–H and O–H groups in total. The largest absolute Gasteiger partial charge is 0.339 e. The first-order valence-corrected chi connectivity index (χ1v) is 10.6. The molecule has 0 saturated heterocycles. The lowest BCUT2D eigenvalue weighted by atomic mass is 9.95. The van der Waals surface area contributed by atoms with E-state index in [1.165, 1.54) is 32.1 Å². The van der Waals surface area contributed by atoms with Crippen LogP contribution in [0.25, 0.3) is 11.0 Å². The number of imidazole rings is 1. The first-order valence-electron chi connectivity index (χ1n) is 10.6. The number of aromatic nitrogens is 4. The molecule has 7 heteroatoms. The molecule has 3 aromatic rings. The van der Waals surface area contributed by atoms with Crippen LogP contribution < -0.4 is 5.32 Å². The van der Waals surface area contributed by atoms with Gasteiger partial charge in [-0.05, 0) is 38.0 Å². The van der Waals surface area contributed by atoms with Gasteiger partial charge < -0.3 is 14.4 Å². The van der Waals surface area contributed by atoms with Gasteiger partial charge in [-0.25, -0.2) is 4.98 Å². The molecule has 0 spiro atoms. The third-order valence-corrected chi connectivity index (χ3v) is 5.66. The van der Waals surface area contributed by atoms with Gasteiger partial charge in [0.1, 0.15) is 5.82 Å². The normalized spacial score (nSPS) is 15.3. The summed E-state index contributed by atoms with van der Waals surface area (Å²) in [5, 5.41) is 6.90. The number of hydrogen-bond donors (Lipinski definition) is 1. The van der Waals surface area contributed by atoms with E-state index in [9.17, 15) is 4.79 Å². The van der Waals surface area contributed by atoms with E-state index in [-0.39, 0.29) is 11.8 Å². The molecule has 7 nitrogen and oxygen atoms in total. The van der Waals surface area contributed by atoms with Crippen molar-refractivity contribution >= 4 is 22.6 Å². The van der Waals surface area contributed by atoms with Crippen LogP contribution in [0.5, 0.6) is 0 Å². The van der Waals surface area contributed by atoms with Crippen LogP contribution in [0.2, 0.25) is 0 Å². The monoisotopic (exact) mass is 395 g/mol. The molecule has 2 heterocycles. The van der Waals surface area contributed by atoms with Crippen LogP contribution in [-0.4, -0.2) is 25.6 Å². The number of rotatable bonds is 6. The molecule has 0 aliphatic heterocycles. The van der Waals surface area contributed by atoms with Crippen molar-refractivity contribution < 1.29 is 9.32 Å². The van der Waals surface area contributed by atoms with E-state index in [0.29, 0.717) is 30.6 Å². The highest BCUT2D eigenvalue weighted by molar-refractivity contribution is 5.93. The average molecular weight is 396 g/mol. The first kappa shape index (κ1) is 19.6. The molecular weight excluding hydrogens is 366 g/mol. The molecule has 0 unspecified atom stereocenters. The van der Waals surface area contributed by atoms with Gasteiger partial charge in [0.15, 0.2) is 5.82 Å². The van der Waals surface area contributed by atoms with Crippen LogP contribution in [0.3, 0.4) is 0 Å². The van der Waals surface area contributed by atoms with Gasteiger partial charge in [-0.1, -0.05) is 38.3 Å². The summed E-state index contributed by atoms with van der Waals surface area (Å²) in [6.45, 7) is 6.09. The number of carbonyl (C=O) groups excluding carboxylic acids is 1. The van der Waals surface area contributed by atoms with E-state index in [2.05, 4.69) is 33.0 Å². The van der Waals surface area contributed by atoms with Gasteiger partial charge in [-0.2, -0.15) is 4.98 Å². The lowest BCUT2D eigenvalue weighted by Gasteiger charge is -2.25. The van der Waals surface area contributed by atoms with E-state index in [1.807, 2.05) is 26.0 Å². The molecule has 2 aromatic heterocycles. The van der Waals surface area contributed by atoms with Crippen LogP contribution in [-0.2, 0) is 11.2 Å². The molecular formula is C22H29N5O2. The second-order valence-corrected chi connectivity index (χ2v) is 8.27. The Balaban J connectivity index is 1.42. The topological polar surface area (TPSA) is 85.8 Å². The van der Waals surface area contributed by atoms with Gasteiger partial charge in [0.25, 0.3) is 0 Å². The third-order valence-electron chi connectivity index (χ3n) is 5.66. The number of hydrogen-bond acceptors (Lipinski definition) is 5. The molecule has 1 amide bonds. The maximum absolute atomic E-state index is 12.4. The summed E-state index contributed by atoms with van der Waals surface area (Å²) in [5.41, 5.74) is 2.85. The Kier molecular flexibility index (Phi) is 5.65. The predicted octanol–water partition coefficient (Wildman–Crippen LogP) is 4.93. The van der Waals surface area contributed by atoms with Gasteiger partial charge in [0.2, 0.25) is 11.8 Å². The number of nitrogens with one attached hydrogen (secondary N) is 1. The number of amides is 1. The van der Waals surface area contributed by atoms with Crippen molar-refractivity contribution in [2.75, 3.05) is 5.32 Å². The van der Waals surface area contributed by atoms with E-state index in [4.69, 9.17) is 9.51 Å². The summed E-state index contributed by atoms with van der Waals surface area (Å²) in [4.78, 5) is 21.4. The van der Waals surface area contributed by atoms with Crippen LogP contribution in [0.15, 0.2) is 22.7 Å². The van der Waals surface area contributed by atoms with Crippen LogP contribution in [0, 0.1) is 6.92 Å². The van der Waals surface area contributed by atoms with Crippen molar-refractivity contribution in [2.24, 2.45) is 0 Å². The Morgan fingerprint density at radius 3 is 2.76 bits per heavy atom. The van der Waals surface area contributed by atoms with Crippen molar-refractivity contribution in [3.63, 3.8) is 0 Å². The minimum atomic E-state index is -0.0721. The van der Waals surface area contributed by atoms with Crippen molar-refractivity contribution in [2.45, 2.75) is 77.7 Å². The summed E-state index contributed by atoms with van der Waals surface area (Å²) in [6.07, 6.45) is 7.09. The second-order valence-electron chi connectivity index (χ2n) is 8.27. The number of benzene rings is 1. The Morgan fingerprint density at radius 1 is 1.24 bits per heavy atom. The van der Waals surface area contributed by atoms with E-state index < -0.39 is 0 Å². The molecule has 1 fully saturated rings. The van der Waals surface area contributed by atoms with E-state index >= 15 is 0 Å². The van der Waals surface area contributed by atoms with Gasteiger partial charge in [0.05, 0.1) is 11.0 Å². The highest BCUT2D eigenvalue weighted by Crippen LogP contribution is 2.33. The molecule has 1 aliphatic carbocycles. The maximum atomic E-state index is 12.4. The highest BCUT2D eigenvalue weighted by Gasteiger charge is 2.20. The number of carbonyl (C=O) groups is 1. The Labute approximate surface area is 170 Å². The van der Waals surface area contributed by atoms with E-state index in [1.54, 1.807) is 0 Å². The smallest absolute Gasteiger partial charge is 0.227 e. The molecule has 0 bridgehead atoms. The molecule has 154 valence electrons. The second kappa shape index (κ2) is 8.35. The van der Waals surface area contributed by atoms with Crippen LogP contribution in [0.4, 0.5) is 5.69 Å². The van der Waals surface area contributed by atoms with Gasteiger partial charge >= 0.3 is 0 Å². The summed E-state index contributed by atoms with van der Waals surface area (Å²) in [7, 11) is 0. The zero-order chi connectivity index (χ0) is 20.4. The summed E-state index contributed by atoms with van der Waals surface area (Å²) < 4.78 is 7.58. The molecule has 29 heavy (non-hydrogen) atoms. The number of nitrogens with zero attached hydrogens (tertiary/aromatic N) is 4. The Hall–Kier alpha value is -2.70. The molecule has 0 atom stereocenters. The Morgan fingerprint density at radius 2 is 2.03 bits per heavy atom. The minimum absolute atomic E-state index is 0.0721. The fraction of sp³-hybridized carbons (Fsp3) is 0.545. The SMILES string of the molecule is Cc1nc2cc(NC(=O)CCc3nc(C(C)C)no3)ccc2n1C1CCCCC1. The Bertz CT molecular complexity index is 998. The fourth-order valence-electron chi connectivity index (χ4n) is 4.15. The zero-order valence-corrected chi connectivity index (χ0v) is 17.4. The quantitative estimate of drug-likeness (QED) is 0.640. The lowest BCUT2D eigenvalue weighted by Crippen LogP contribution is -2.14. The van der Waals surface area contributed by atoms with Crippen molar-refractivity contribution in [1.82, 2.24) is 19.7 Å². The maximum Gasteiger partial charge on any atom is 0.227 e. The standard InChI is InChI=1S/C22H29N5O2/c1-14(2)22-25-21(29-26-22)12-11-20(28)24-16-9-10-19-18(13-16)23-15(3)27(19)17-7-5-4-6-8-17/h9-10,13-14,17H,4-8,11-12H2,1-3H3,(H,24,28). The summed E-state index contributed by atoms with van der Waals surface area (Å²) in [5.74, 6) is 2.37. The number of aryl methyl sites for hydroxylation is 2. The van der Waals surface area contributed by atoms with Crippen molar-refractivity contribution in [3.05, 3.63) is 35.7 Å². The summed E-state index contributed by atoms with van der Waals surface area (Å²) in [6, 6.07) is 6.54. The minimum Gasteiger partial charge on any atom is -0.339 e. The van der Waals surface area contributed by atoms with E-state index in [0.717, 1.165) is 22.5 Å². The molecule has 1 aromatic carbocycles. The number of anilines is 1. The fourth-order valence-corrected chi connectivity index (χ4v) is 4.15. The molecule has 0 radical (unpaired) electrons. The highest BCUT2D eigenvalue weighted by atomic mass is 16.5. The molecule has 1 aliphatic rings. The van der Waals surface area contributed by atoms with Gasteiger partial charge in [-0.3, -0.25) is 4.79 Å². The predicted molar refractivity (Wildman–Crippen MR) is 112 cm³/mol. The van der Waals surface area contributed by atoms with Gasteiger partial charge in [0, 0.05) is 30.5 Å². The molecule has 4 rings (SSSR count). The van der Waals surface area contributed by atoms with Crippen molar-refractivity contribution in [1.29, 1.82) is 0 Å². The van der Waals surface area contributed by atoms with Gasteiger partial charge in [-0.15, -0.1) is 0 Å². The molecule has 1 saturated carbocycles. The number of fused-ring (bicyclic) bond motifs is 1. The van der Waals surface area contributed by atoms with Crippen LogP contribution in [0.1, 0.15) is 81.9 Å². The third kappa shape index (κ3) is 4.33. The average Bonchev–Trinajstić information content (AvgIpc) is 3.30. The zero-order valence-electron chi connectivity index (χ0n) is 17.4. The van der Waals surface area contributed by atoms with Crippen molar-refractivity contribution in [3.8, 4) is 0 Å². The first-order chi connectivity index (χ1) is 14.0. The lowest BCUT2D eigenvalue weighted by molar-refractivity contribution is -0.116.